The number of carbonyl (C=O) groups is 1. The number of hydrogen-bond donors (Lipinski definition) is 1. The van der Waals surface area contributed by atoms with Gasteiger partial charge in [0, 0.05) is 18.2 Å². The molecule has 0 aliphatic carbocycles. The van der Waals surface area contributed by atoms with Crippen molar-refractivity contribution in [2.45, 2.75) is 59.9 Å². The zero-order valence-corrected chi connectivity index (χ0v) is 15.0. The van der Waals surface area contributed by atoms with Crippen molar-refractivity contribution in [3.8, 4) is 0 Å². The summed E-state index contributed by atoms with van der Waals surface area (Å²) < 4.78 is 0. The van der Waals surface area contributed by atoms with Crippen LogP contribution < -0.4 is 5.32 Å². The highest BCUT2D eigenvalue weighted by Gasteiger charge is 2.14. The van der Waals surface area contributed by atoms with Gasteiger partial charge in [0.1, 0.15) is 0 Å². The van der Waals surface area contributed by atoms with Crippen molar-refractivity contribution < 1.29 is 4.79 Å². The van der Waals surface area contributed by atoms with Gasteiger partial charge in [-0.2, -0.15) is 0 Å². The monoisotopic (exact) mass is 305 g/mol. The van der Waals surface area contributed by atoms with Crippen LogP contribution in [0.15, 0.2) is 0 Å². The number of carbonyl (C=O) groups excluding carboxylic acids is 1. The van der Waals surface area contributed by atoms with Gasteiger partial charge in [-0.05, 0) is 43.8 Å². The normalized spacial score (nSPS) is 16.2. The molecule has 0 aromatic heterocycles. The molecule has 3 unspecified atom stereocenters. The first-order chi connectivity index (χ1) is 8.85. The molecule has 0 bridgehead atoms. The number of nitrogens with one attached hydrogen (secondary N) is 1. The van der Waals surface area contributed by atoms with Crippen molar-refractivity contribution in [2.75, 3.05) is 12.0 Å². The van der Waals surface area contributed by atoms with E-state index < -0.39 is 0 Å². The average molecular weight is 306 g/mol. The lowest BCUT2D eigenvalue weighted by atomic mass is 9.95. The van der Waals surface area contributed by atoms with Crippen LogP contribution in [0.1, 0.15) is 53.9 Å². The molecule has 0 saturated carbocycles. The van der Waals surface area contributed by atoms with Crippen molar-refractivity contribution in [2.24, 2.45) is 17.8 Å². The zero-order valence-electron chi connectivity index (χ0n) is 13.4. The Kier molecular flexibility index (Phi) is 11.0. The predicted molar refractivity (Wildman–Crippen MR) is 90.6 cm³/mol. The molecule has 0 spiro atoms. The Bertz CT molecular complexity index is 246. The first-order valence-electron chi connectivity index (χ1n) is 7.30. The lowest BCUT2D eigenvalue weighted by Crippen LogP contribution is -2.34. The molecule has 4 heteroatoms. The highest BCUT2D eigenvalue weighted by molar-refractivity contribution is 8.76. The molecule has 0 fully saturated rings. The van der Waals surface area contributed by atoms with Crippen molar-refractivity contribution in [1.29, 1.82) is 0 Å². The van der Waals surface area contributed by atoms with Gasteiger partial charge in [0.05, 0.1) is 0 Å². The maximum atomic E-state index is 11.9. The van der Waals surface area contributed by atoms with Gasteiger partial charge >= 0.3 is 0 Å². The second-order valence-corrected chi connectivity index (χ2v) is 8.81. The average Bonchev–Trinajstić information content (AvgIpc) is 2.24. The minimum atomic E-state index is 0.213. The Morgan fingerprint density at radius 3 is 2.21 bits per heavy atom. The lowest BCUT2D eigenvalue weighted by molar-refractivity contribution is -0.122. The summed E-state index contributed by atoms with van der Waals surface area (Å²) in [5, 5.41) is 3.14. The van der Waals surface area contributed by atoms with Gasteiger partial charge in [-0.15, -0.1) is 0 Å². The van der Waals surface area contributed by atoms with Crippen LogP contribution in [-0.4, -0.2) is 24.0 Å². The van der Waals surface area contributed by atoms with Crippen molar-refractivity contribution >= 4 is 27.5 Å². The van der Waals surface area contributed by atoms with E-state index >= 15 is 0 Å². The van der Waals surface area contributed by atoms with Crippen LogP contribution >= 0.6 is 21.6 Å². The molecular weight excluding hydrogens is 274 g/mol. The fourth-order valence-electron chi connectivity index (χ4n) is 2.45. The van der Waals surface area contributed by atoms with E-state index in [1.165, 1.54) is 0 Å². The first-order valence-corrected chi connectivity index (χ1v) is 10.0. The molecule has 0 aromatic rings. The van der Waals surface area contributed by atoms with E-state index in [0.29, 0.717) is 24.2 Å². The summed E-state index contributed by atoms with van der Waals surface area (Å²) in [6.45, 7) is 11.0. The Morgan fingerprint density at radius 2 is 1.68 bits per heavy atom. The summed E-state index contributed by atoms with van der Waals surface area (Å²) in [6, 6.07) is 0.288. The molecule has 0 aromatic carbocycles. The molecule has 114 valence electrons. The van der Waals surface area contributed by atoms with Crippen molar-refractivity contribution in [1.82, 2.24) is 5.32 Å². The Labute approximate surface area is 127 Å². The standard InChI is InChI=1S/C15H31NOS2/c1-11(2)7-12(3)9-15(17)16-14(5)8-13(4)10-19-18-6/h11-14H,7-10H2,1-6H3,(H,16,17). The van der Waals surface area contributed by atoms with Crippen LogP contribution in [0.3, 0.4) is 0 Å². The van der Waals surface area contributed by atoms with Crippen LogP contribution in [-0.2, 0) is 4.79 Å². The number of rotatable bonds is 10. The lowest BCUT2D eigenvalue weighted by Gasteiger charge is -2.20. The second-order valence-electron chi connectivity index (χ2n) is 6.20. The van der Waals surface area contributed by atoms with E-state index in [1.54, 1.807) is 0 Å². The van der Waals surface area contributed by atoms with Crippen LogP contribution in [0.25, 0.3) is 0 Å². The number of hydrogen-bond acceptors (Lipinski definition) is 3. The molecule has 0 aliphatic heterocycles. The predicted octanol–water partition coefficient (Wildman–Crippen LogP) is 4.60. The van der Waals surface area contributed by atoms with E-state index in [0.717, 1.165) is 18.6 Å². The second kappa shape index (κ2) is 10.9. The van der Waals surface area contributed by atoms with Gasteiger partial charge in [-0.3, -0.25) is 4.79 Å². The fraction of sp³-hybridized carbons (Fsp3) is 0.933. The third kappa shape index (κ3) is 11.7. The maximum absolute atomic E-state index is 11.9. The van der Waals surface area contributed by atoms with Gasteiger partial charge in [0.25, 0.3) is 0 Å². The molecule has 0 aliphatic rings. The van der Waals surface area contributed by atoms with Gasteiger partial charge in [0.2, 0.25) is 5.91 Å². The Morgan fingerprint density at radius 1 is 1.05 bits per heavy atom. The minimum Gasteiger partial charge on any atom is -0.354 e. The summed E-state index contributed by atoms with van der Waals surface area (Å²) in [4.78, 5) is 11.9. The highest BCUT2D eigenvalue weighted by Crippen LogP contribution is 2.22. The van der Waals surface area contributed by atoms with Crippen LogP contribution in [0.4, 0.5) is 0 Å². The SMILES string of the molecule is CSSCC(C)CC(C)NC(=O)CC(C)CC(C)C. The topological polar surface area (TPSA) is 29.1 Å². The third-order valence-corrected chi connectivity index (χ3v) is 5.10. The van der Waals surface area contributed by atoms with E-state index in [1.807, 2.05) is 21.6 Å². The molecule has 0 rings (SSSR count). The molecule has 0 saturated heterocycles. The molecule has 3 atom stereocenters. The van der Waals surface area contributed by atoms with Gasteiger partial charge in [0.15, 0.2) is 0 Å². The summed E-state index contributed by atoms with van der Waals surface area (Å²) in [5.41, 5.74) is 0. The van der Waals surface area contributed by atoms with Gasteiger partial charge < -0.3 is 5.32 Å². The molecule has 2 nitrogen and oxygen atoms in total. The smallest absolute Gasteiger partial charge is 0.220 e. The summed E-state index contributed by atoms with van der Waals surface area (Å²) in [5.74, 6) is 3.18. The summed E-state index contributed by atoms with van der Waals surface area (Å²) >= 11 is 0. The quantitative estimate of drug-likeness (QED) is 0.598. The molecule has 1 amide bonds. The van der Waals surface area contributed by atoms with Crippen molar-refractivity contribution in [3.63, 3.8) is 0 Å². The van der Waals surface area contributed by atoms with E-state index in [9.17, 15) is 4.79 Å². The molecule has 0 radical (unpaired) electrons. The molecule has 19 heavy (non-hydrogen) atoms. The van der Waals surface area contributed by atoms with E-state index in [4.69, 9.17) is 0 Å². The van der Waals surface area contributed by atoms with Gasteiger partial charge in [-0.25, -0.2) is 0 Å². The Hall–Kier alpha value is 0.170. The highest BCUT2D eigenvalue weighted by atomic mass is 33.1. The summed E-state index contributed by atoms with van der Waals surface area (Å²) in [6.07, 6.45) is 4.97. The van der Waals surface area contributed by atoms with Crippen LogP contribution in [0, 0.1) is 17.8 Å². The zero-order chi connectivity index (χ0) is 14.8. The van der Waals surface area contributed by atoms with Gasteiger partial charge in [-0.1, -0.05) is 49.3 Å². The third-order valence-electron chi connectivity index (χ3n) is 3.04. The maximum Gasteiger partial charge on any atom is 0.220 e. The van der Waals surface area contributed by atoms with Crippen LogP contribution in [0.5, 0.6) is 0 Å². The fourth-order valence-corrected chi connectivity index (χ4v) is 4.06. The van der Waals surface area contributed by atoms with E-state index in [2.05, 4.69) is 46.2 Å². The van der Waals surface area contributed by atoms with E-state index in [-0.39, 0.29) is 11.9 Å². The largest absolute Gasteiger partial charge is 0.354 e. The first kappa shape index (κ1) is 19.2. The Balaban J connectivity index is 3.85. The molecule has 0 heterocycles. The molecular formula is C15H31NOS2. The van der Waals surface area contributed by atoms with Crippen LogP contribution in [0.2, 0.25) is 0 Å². The minimum absolute atomic E-state index is 0.213. The molecule has 1 N–H and O–H groups in total. The number of amides is 1. The summed E-state index contributed by atoms with van der Waals surface area (Å²) in [7, 11) is 3.71. The van der Waals surface area contributed by atoms with Crippen molar-refractivity contribution in [3.05, 3.63) is 0 Å².